The monoisotopic (exact) mass is 316 g/mol. The summed E-state index contributed by atoms with van der Waals surface area (Å²) in [5.74, 6) is 0. The molecule has 5 nitrogen and oxygen atoms in total. The maximum Gasteiger partial charge on any atom is 0.321 e. The van der Waals surface area contributed by atoms with E-state index in [0.717, 1.165) is 0 Å². The van der Waals surface area contributed by atoms with E-state index in [4.69, 9.17) is 11.6 Å². The first-order chi connectivity index (χ1) is 9.38. The number of halogens is 1. The highest BCUT2D eigenvalue weighted by Crippen LogP contribution is 2.22. The summed E-state index contributed by atoms with van der Waals surface area (Å²) in [6, 6.07) is 6.76. The van der Waals surface area contributed by atoms with Crippen LogP contribution in [0.3, 0.4) is 0 Å². The molecule has 0 radical (unpaired) electrons. The van der Waals surface area contributed by atoms with Crippen LogP contribution < -0.4 is 5.32 Å². The molecular formula is C13H17ClN2O3S. The Morgan fingerprint density at radius 2 is 1.90 bits per heavy atom. The highest BCUT2D eigenvalue weighted by Gasteiger charge is 2.28. The van der Waals surface area contributed by atoms with Gasteiger partial charge < -0.3 is 10.2 Å². The van der Waals surface area contributed by atoms with Crippen molar-refractivity contribution in [1.29, 1.82) is 0 Å². The van der Waals surface area contributed by atoms with Gasteiger partial charge in [0, 0.05) is 19.3 Å². The largest absolute Gasteiger partial charge is 0.324 e. The zero-order valence-electron chi connectivity index (χ0n) is 11.2. The third kappa shape index (κ3) is 3.64. The number of rotatable bonds is 2. The molecule has 1 N–H and O–H groups in total. The number of piperidine rings is 1. The lowest BCUT2D eigenvalue weighted by molar-refractivity contribution is 0.200. The van der Waals surface area contributed by atoms with Gasteiger partial charge in [-0.1, -0.05) is 23.7 Å². The molecule has 20 heavy (non-hydrogen) atoms. The number of nitrogens with one attached hydrogen (secondary N) is 1. The van der Waals surface area contributed by atoms with Crippen molar-refractivity contribution in [3.8, 4) is 0 Å². The molecule has 0 saturated carbocycles. The summed E-state index contributed by atoms with van der Waals surface area (Å²) in [5.41, 5.74) is 0.560. The maximum atomic E-state index is 12.1. The Morgan fingerprint density at radius 1 is 1.30 bits per heavy atom. The van der Waals surface area contributed by atoms with Gasteiger partial charge in [0.1, 0.15) is 9.84 Å². The fourth-order valence-corrected chi connectivity index (χ4v) is 3.49. The van der Waals surface area contributed by atoms with Crippen molar-refractivity contribution in [2.24, 2.45) is 0 Å². The Bertz CT molecular complexity index is 595. The first kappa shape index (κ1) is 15.1. The number of carbonyl (C=O) groups excluding carboxylic acids is 1. The van der Waals surface area contributed by atoms with Crippen molar-refractivity contribution in [2.45, 2.75) is 18.1 Å². The van der Waals surface area contributed by atoms with Crippen LogP contribution in [0.1, 0.15) is 12.8 Å². The minimum Gasteiger partial charge on any atom is -0.324 e. The molecular weight excluding hydrogens is 300 g/mol. The third-order valence-electron chi connectivity index (χ3n) is 3.45. The Labute approximate surface area is 123 Å². The lowest BCUT2D eigenvalue weighted by atomic mass is 10.1. The molecule has 7 heteroatoms. The molecule has 1 aromatic rings. The van der Waals surface area contributed by atoms with Crippen LogP contribution in [0.25, 0.3) is 0 Å². The van der Waals surface area contributed by atoms with Gasteiger partial charge in [0.05, 0.1) is 16.0 Å². The summed E-state index contributed by atoms with van der Waals surface area (Å²) in [6.07, 6.45) is 2.21. The van der Waals surface area contributed by atoms with Crippen molar-refractivity contribution in [3.63, 3.8) is 0 Å². The molecule has 1 saturated heterocycles. The molecule has 1 aromatic carbocycles. The number of carbonyl (C=O) groups is 1. The zero-order chi connectivity index (χ0) is 14.8. The van der Waals surface area contributed by atoms with E-state index in [-0.39, 0.29) is 11.3 Å². The second-order valence-corrected chi connectivity index (χ2v) is 7.66. The van der Waals surface area contributed by atoms with Crippen LogP contribution >= 0.6 is 11.6 Å². The normalized spacial score (nSPS) is 17.0. The minimum absolute atomic E-state index is 0.245. The number of nitrogens with zero attached hydrogens (tertiary/aromatic N) is 1. The highest BCUT2D eigenvalue weighted by atomic mass is 35.5. The lowest BCUT2D eigenvalue weighted by Crippen LogP contribution is -2.44. The van der Waals surface area contributed by atoms with E-state index in [9.17, 15) is 13.2 Å². The molecule has 1 fully saturated rings. The Balaban J connectivity index is 1.94. The van der Waals surface area contributed by atoms with Crippen molar-refractivity contribution >= 4 is 33.2 Å². The van der Waals surface area contributed by atoms with Gasteiger partial charge in [0.25, 0.3) is 0 Å². The van der Waals surface area contributed by atoms with Gasteiger partial charge in [-0.2, -0.15) is 0 Å². The molecule has 2 rings (SSSR count). The van der Waals surface area contributed by atoms with Crippen LogP contribution in [0.5, 0.6) is 0 Å². The fourth-order valence-electron chi connectivity index (χ4n) is 2.24. The quantitative estimate of drug-likeness (QED) is 0.911. The summed E-state index contributed by atoms with van der Waals surface area (Å²) >= 11 is 5.98. The van der Waals surface area contributed by atoms with E-state index in [1.165, 1.54) is 6.26 Å². The summed E-state index contributed by atoms with van der Waals surface area (Å²) in [5, 5.41) is 2.88. The Hall–Kier alpha value is -1.27. The van der Waals surface area contributed by atoms with E-state index in [2.05, 4.69) is 5.32 Å². The second-order valence-electron chi connectivity index (χ2n) is 4.93. The average Bonchev–Trinajstić information content (AvgIpc) is 2.40. The first-order valence-corrected chi connectivity index (χ1v) is 8.70. The summed E-state index contributed by atoms with van der Waals surface area (Å²) in [6.45, 7) is 0.877. The molecule has 1 heterocycles. The molecule has 0 spiro atoms. The van der Waals surface area contributed by atoms with E-state index in [1.807, 2.05) is 0 Å². The number of sulfone groups is 1. The van der Waals surface area contributed by atoms with E-state index >= 15 is 0 Å². The molecule has 1 aliphatic heterocycles. The summed E-state index contributed by atoms with van der Waals surface area (Å²) < 4.78 is 22.9. The standard InChI is InChI=1S/C13H17ClN2O3S/c1-20(18,19)10-6-8-16(9-7-10)13(17)15-12-5-3-2-4-11(12)14/h2-5,10H,6-9H2,1H3,(H,15,17). The van der Waals surface area contributed by atoms with Gasteiger partial charge in [-0.05, 0) is 25.0 Å². The molecule has 0 aromatic heterocycles. The third-order valence-corrected chi connectivity index (χ3v) is 5.46. The SMILES string of the molecule is CS(=O)(=O)C1CCN(C(=O)Nc2ccccc2Cl)CC1. The number of urea groups is 1. The Morgan fingerprint density at radius 3 is 2.45 bits per heavy atom. The predicted molar refractivity (Wildman–Crippen MR) is 79.9 cm³/mol. The topological polar surface area (TPSA) is 66.5 Å². The van der Waals surface area contributed by atoms with E-state index in [0.29, 0.717) is 36.6 Å². The maximum absolute atomic E-state index is 12.1. The highest BCUT2D eigenvalue weighted by molar-refractivity contribution is 7.91. The minimum atomic E-state index is -3.02. The van der Waals surface area contributed by atoms with Crippen LogP contribution in [0.2, 0.25) is 5.02 Å². The molecule has 0 unspecified atom stereocenters. The van der Waals surface area contributed by atoms with Crippen LogP contribution in [0, 0.1) is 0 Å². The second kappa shape index (κ2) is 6.01. The van der Waals surface area contributed by atoms with Gasteiger partial charge in [-0.15, -0.1) is 0 Å². The molecule has 0 atom stereocenters. The molecule has 0 aliphatic carbocycles. The molecule has 2 amide bonds. The average molecular weight is 317 g/mol. The smallest absolute Gasteiger partial charge is 0.321 e. The van der Waals surface area contributed by atoms with Crippen LogP contribution in [0.15, 0.2) is 24.3 Å². The van der Waals surface area contributed by atoms with Gasteiger partial charge in [0.2, 0.25) is 0 Å². The molecule has 1 aliphatic rings. The van der Waals surface area contributed by atoms with Gasteiger partial charge in [0.15, 0.2) is 0 Å². The number of amides is 2. The van der Waals surface area contributed by atoms with Crippen LogP contribution in [0.4, 0.5) is 10.5 Å². The zero-order valence-corrected chi connectivity index (χ0v) is 12.7. The predicted octanol–water partition coefficient (Wildman–Crippen LogP) is 2.38. The van der Waals surface area contributed by atoms with Crippen molar-refractivity contribution in [2.75, 3.05) is 24.7 Å². The van der Waals surface area contributed by atoms with Crippen LogP contribution in [-0.4, -0.2) is 43.9 Å². The number of hydrogen-bond acceptors (Lipinski definition) is 3. The number of anilines is 1. The van der Waals surface area contributed by atoms with Gasteiger partial charge in [-0.3, -0.25) is 0 Å². The van der Waals surface area contributed by atoms with Crippen molar-refractivity contribution in [3.05, 3.63) is 29.3 Å². The van der Waals surface area contributed by atoms with Crippen LogP contribution in [-0.2, 0) is 9.84 Å². The molecule has 0 bridgehead atoms. The lowest BCUT2D eigenvalue weighted by Gasteiger charge is -2.31. The van der Waals surface area contributed by atoms with Crippen molar-refractivity contribution < 1.29 is 13.2 Å². The number of likely N-dealkylation sites (tertiary alicyclic amines) is 1. The fraction of sp³-hybridized carbons (Fsp3) is 0.462. The Kier molecular flexibility index (Phi) is 4.55. The number of benzene rings is 1. The summed E-state index contributed by atoms with van der Waals surface area (Å²) in [4.78, 5) is 13.7. The summed E-state index contributed by atoms with van der Waals surface area (Å²) in [7, 11) is -3.02. The van der Waals surface area contributed by atoms with E-state index < -0.39 is 9.84 Å². The molecule has 110 valence electrons. The van der Waals surface area contributed by atoms with Gasteiger partial charge in [-0.25, -0.2) is 13.2 Å². The van der Waals surface area contributed by atoms with Crippen molar-refractivity contribution in [1.82, 2.24) is 4.90 Å². The number of hydrogen-bond donors (Lipinski definition) is 1. The van der Waals surface area contributed by atoms with E-state index in [1.54, 1.807) is 29.2 Å². The van der Waals surface area contributed by atoms with Gasteiger partial charge >= 0.3 is 6.03 Å². The number of para-hydroxylation sites is 1. The first-order valence-electron chi connectivity index (χ1n) is 6.37.